The van der Waals surface area contributed by atoms with Gasteiger partial charge in [-0.2, -0.15) is 4.98 Å². The van der Waals surface area contributed by atoms with Crippen molar-refractivity contribution < 1.29 is 8.78 Å². The number of thiophene rings is 1. The molecular formula is C14H12F2N4S. The Morgan fingerprint density at radius 2 is 2.05 bits per heavy atom. The number of hydrogen-bond acceptors (Lipinski definition) is 5. The Morgan fingerprint density at radius 3 is 2.81 bits per heavy atom. The van der Waals surface area contributed by atoms with Gasteiger partial charge in [-0.25, -0.2) is 13.8 Å². The zero-order valence-corrected chi connectivity index (χ0v) is 12.0. The molecule has 2 heterocycles. The molecule has 7 heteroatoms. The van der Waals surface area contributed by atoms with Gasteiger partial charge in [0, 0.05) is 12.6 Å². The van der Waals surface area contributed by atoms with Crippen LogP contribution in [0, 0.1) is 11.6 Å². The zero-order valence-electron chi connectivity index (χ0n) is 11.2. The molecule has 0 fully saturated rings. The standard InChI is InChI=1S/C14H12F2N4S/c1-2-17-14-19-12(9-5-6-21-13(9)20-14)18-11-4-3-8(15)7-10(11)16/h3-7H,2H2,1H3,(H2,17,18,19,20). The summed E-state index contributed by atoms with van der Waals surface area (Å²) in [6, 6.07) is 5.24. The molecule has 2 aromatic heterocycles. The van der Waals surface area contributed by atoms with Crippen LogP contribution in [0.5, 0.6) is 0 Å². The second kappa shape index (κ2) is 5.61. The summed E-state index contributed by atoms with van der Waals surface area (Å²) in [5.41, 5.74) is 0.171. The Balaban J connectivity index is 2.04. The van der Waals surface area contributed by atoms with Crippen LogP contribution in [0.1, 0.15) is 6.92 Å². The van der Waals surface area contributed by atoms with Gasteiger partial charge in [-0.05, 0) is 30.5 Å². The predicted molar refractivity (Wildman–Crippen MR) is 81.2 cm³/mol. The normalized spacial score (nSPS) is 10.8. The summed E-state index contributed by atoms with van der Waals surface area (Å²) in [5.74, 6) is -0.322. The molecule has 0 bridgehead atoms. The molecule has 0 atom stereocenters. The van der Waals surface area contributed by atoms with Gasteiger partial charge in [0.05, 0.1) is 11.1 Å². The van der Waals surface area contributed by atoms with Crippen LogP contribution in [0.3, 0.4) is 0 Å². The van der Waals surface area contributed by atoms with Crippen molar-refractivity contribution in [1.29, 1.82) is 0 Å². The Morgan fingerprint density at radius 1 is 1.19 bits per heavy atom. The molecule has 0 saturated carbocycles. The van der Waals surface area contributed by atoms with Crippen LogP contribution < -0.4 is 10.6 Å². The van der Waals surface area contributed by atoms with E-state index in [1.807, 2.05) is 18.4 Å². The molecule has 0 amide bonds. The van der Waals surface area contributed by atoms with Gasteiger partial charge in [-0.3, -0.25) is 0 Å². The van der Waals surface area contributed by atoms with E-state index in [0.717, 1.165) is 16.3 Å². The quantitative estimate of drug-likeness (QED) is 0.760. The van der Waals surface area contributed by atoms with Gasteiger partial charge in [-0.15, -0.1) is 11.3 Å². The van der Waals surface area contributed by atoms with E-state index in [-0.39, 0.29) is 5.69 Å². The second-order valence-corrected chi connectivity index (χ2v) is 5.21. The minimum Gasteiger partial charge on any atom is -0.354 e. The lowest BCUT2D eigenvalue weighted by molar-refractivity contribution is 0.586. The highest BCUT2D eigenvalue weighted by atomic mass is 32.1. The van der Waals surface area contributed by atoms with Crippen molar-refractivity contribution in [1.82, 2.24) is 9.97 Å². The molecule has 0 spiro atoms. The van der Waals surface area contributed by atoms with Gasteiger partial charge >= 0.3 is 0 Å². The smallest absolute Gasteiger partial charge is 0.226 e. The van der Waals surface area contributed by atoms with Crippen LogP contribution in [-0.2, 0) is 0 Å². The van der Waals surface area contributed by atoms with Crippen molar-refractivity contribution in [2.24, 2.45) is 0 Å². The number of hydrogen-bond donors (Lipinski definition) is 2. The van der Waals surface area contributed by atoms with Gasteiger partial charge in [0.25, 0.3) is 0 Å². The third kappa shape index (κ3) is 2.78. The van der Waals surface area contributed by atoms with Crippen molar-refractivity contribution in [2.75, 3.05) is 17.2 Å². The van der Waals surface area contributed by atoms with E-state index in [1.54, 1.807) is 0 Å². The van der Waals surface area contributed by atoms with Gasteiger partial charge in [-0.1, -0.05) is 0 Å². The average Bonchev–Trinajstić information content (AvgIpc) is 2.91. The Hall–Kier alpha value is -2.28. The van der Waals surface area contributed by atoms with Crippen molar-refractivity contribution in [3.8, 4) is 0 Å². The topological polar surface area (TPSA) is 49.8 Å². The van der Waals surface area contributed by atoms with E-state index >= 15 is 0 Å². The molecule has 0 aliphatic heterocycles. The minimum absolute atomic E-state index is 0.171. The van der Waals surface area contributed by atoms with Crippen molar-refractivity contribution >= 4 is 39.0 Å². The molecule has 0 radical (unpaired) electrons. The number of fused-ring (bicyclic) bond motifs is 1. The van der Waals surface area contributed by atoms with Crippen LogP contribution in [0.15, 0.2) is 29.6 Å². The number of rotatable bonds is 4. The first-order valence-electron chi connectivity index (χ1n) is 6.38. The highest BCUT2D eigenvalue weighted by Gasteiger charge is 2.11. The number of nitrogens with zero attached hydrogens (tertiary/aromatic N) is 2. The summed E-state index contributed by atoms with van der Waals surface area (Å²) < 4.78 is 26.7. The maximum atomic E-state index is 13.8. The lowest BCUT2D eigenvalue weighted by Gasteiger charge is -2.10. The van der Waals surface area contributed by atoms with E-state index in [4.69, 9.17) is 0 Å². The highest BCUT2D eigenvalue weighted by molar-refractivity contribution is 7.16. The molecule has 0 aliphatic rings. The monoisotopic (exact) mass is 306 g/mol. The summed E-state index contributed by atoms with van der Waals surface area (Å²) in [6.07, 6.45) is 0. The number of aromatic nitrogens is 2. The maximum Gasteiger partial charge on any atom is 0.226 e. The van der Waals surface area contributed by atoms with E-state index in [2.05, 4.69) is 20.6 Å². The number of nitrogens with one attached hydrogen (secondary N) is 2. The van der Waals surface area contributed by atoms with Gasteiger partial charge in [0.15, 0.2) is 0 Å². The first kappa shape index (κ1) is 13.7. The third-order valence-electron chi connectivity index (χ3n) is 2.84. The molecular weight excluding hydrogens is 294 g/mol. The largest absolute Gasteiger partial charge is 0.354 e. The summed E-state index contributed by atoms with van der Waals surface area (Å²) >= 11 is 1.47. The van der Waals surface area contributed by atoms with E-state index in [0.29, 0.717) is 18.3 Å². The Kier molecular flexibility index (Phi) is 3.66. The van der Waals surface area contributed by atoms with Crippen LogP contribution in [0.2, 0.25) is 0 Å². The third-order valence-corrected chi connectivity index (χ3v) is 3.65. The van der Waals surface area contributed by atoms with Gasteiger partial charge in [0.2, 0.25) is 5.95 Å². The molecule has 4 nitrogen and oxygen atoms in total. The SMILES string of the molecule is CCNc1nc(Nc2ccc(F)cc2F)c2ccsc2n1. The zero-order chi connectivity index (χ0) is 14.8. The molecule has 0 saturated heterocycles. The van der Waals surface area contributed by atoms with Gasteiger partial charge < -0.3 is 10.6 Å². The first-order valence-corrected chi connectivity index (χ1v) is 7.26. The summed E-state index contributed by atoms with van der Waals surface area (Å²) in [5, 5.41) is 8.62. The molecule has 108 valence electrons. The summed E-state index contributed by atoms with van der Waals surface area (Å²) in [7, 11) is 0. The molecule has 1 aromatic carbocycles. The van der Waals surface area contributed by atoms with Crippen LogP contribution >= 0.6 is 11.3 Å². The predicted octanol–water partition coefficient (Wildman–Crippen LogP) is 4.14. The number of anilines is 3. The lowest BCUT2D eigenvalue weighted by atomic mass is 10.3. The van der Waals surface area contributed by atoms with Crippen molar-refractivity contribution in [3.63, 3.8) is 0 Å². The second-order valence-electron chi connectivity index (χ2n) is 4.31. The fraction of sp³-hybridized carbons (Fsp3) is 0.143. The van der Waals surface area contributed by atoms with Crippen LogP contribution in [0.4, 0.5) is 26.2 Å². The van der Waals surface area contributed by atoms with E-state index in [9.17, 15) is 8.78 Å². The van der Waals surface area contributed by atoms with Crippen LogP contribution in [0.25, 0.3) is 10.2 Å². The fourth-order valence-electron chi connectivity index (χ4n) is 1.91. The van der Waals surface area contributed by atoms with E-state index in [1.165, 1.54) is 23.5 Å². The van der Waals surface area contributed by atoms with Crippen LogP contribution in [-0.4, -0.2) is 16.5 Å². The highest BCUT2D eigenvalue weighted by Crippen LogP contribution is 2.29. The summed E-state index contributed by atoms with van der Waals surface area (Å²) in [4.78, 5) is 9.50. The molecule has 2 N–H and O–H groups in total. The van der Waals surface area contributed by atoms with Gasteiger partial charge in [0.1, 0.15) is 22.3 Å². The molecule has 3 aromatic rings. The van der Waals surface area contributed by atoms with Crippen molar-refractivity contribution in [3.05, 3.63) is 41.3 Å². The van der Waals surface area contributed by atoms with Crippen molar-refractivity contribution in [2.45, 2.75) is 6.92 Å². The molecule has 0 aliphatic carbocycles. The summed E-state index contributed by atoms with van der Waals surface area (Å²) in [6.45, 7) is 2.62. The first-order chi connectivity index (χ1) is 10.2. The molecule has 21 heavy (non-hydrogen) atoms. The lowest BCUT2D eigenvalue weighted by Crippen LogP contribution is -2.05. The minimum atomic E-state index is -0.665. The Labute approximate surface area is 123 Å². The number of halogens is 2. The van der Waals surface area contributed by atoms with E-state index < -0.39 is 11.6 Å². The maximum absolute atomic E-state index is 13.8. The average molecular weight is 306 g/mol. The number of benzene rings is 1. The molecule has 0 unspecified atom stereocenters. The Bertz CT molecular complexity index is 788. The fourth-order valence-corrected chi connectivity index (χ4v) is 2.67. The molecule has 3 rings (SSSR count).